The molecule has 2 aromatic rings. The van der Waals surface area contributed by atoms with Crippen LogP contribution in [0.4, 0.5) is 0 Å². The molecule has 3 N–H and O–H groups in total. The minimum Gasteiger partial charge on any atom is -0.465 e. The van der Waals surface area contributed by atoms with Gasteiger partial charge in [0.05, 0.1) is 19.3 Å². The van der Waals surface area contributed by atoms with Crippen molar-refractivity contribution < 1.29 is 14.6 Å². The number of rotatable bonds is 5. The molecule has 0 spiro atoms. The highest BCUT2D eigenvalue weighted by molar-refractivity contribution is 5.90. The fourth-order valence-corrected chi connectivity index (χ4v) is 2.16. The van der Waals surface area contributed by atoms with Crippen molar-refractivity contribution in [2.45, 2.75) is 12.5 Å². The van der Waals surface area contributed by atoms with E-state index in [0.717, 1.165) is 16.7 Å². The van der Waals surface area contributed by atoms with Crippen LogP contribution in [-0.2, 0) is 11.2 Å². The van der Waals surface area contributed by atoms with E-state index in [2.05, 4.69) is 4.74 Å². The Morgan fingerprint density at radius 1 is 1.18 bits per heavy atom. The average Bonchev–Trinajstić information content (AvgIpc) is 2.54. The van der Waals surface area contributed by atoms with Gasteiger partial charge in [0.2, 0.25) is 0 Å². The van der Waals surface area contributed by atoms with Crippen LogP contribution < -0.4 is 5.73 Å². The normalized spacial score (nSPS) is 11.4. The van der Waals surface area contributed by atoms with Crippen LogP contribution in [0.25, 0.3) is 11.1 Å². The summed E-state index contributed by atoms with van der Waals surface area (Å²) in [5, 5.41) is 9.02. The quantitative estimate of drug-likeness (QED) is 0.830. The molecule has 0 aliphatic rings. The Morgan fingerprint density at radius 2 is 1.86 bits per heavy atom. The summed E-state index contributed by atoms with van der Waals surface area (Å²) >= 11 is 0. The molecule has 4 nitrogen and oxygen atoms in total. The molecule has 0 fully saturated rings. The minimum absolute atomic E-state index is 0. The SMILES string of the molecule is COC(=O)c1ccc(-c2cccc(CC(N)CO)c2)cc1.Cl. The average molecular weight is 322 g/mol. The number of benzene rings is 2. The molecular weight excluding hydrogens is 302 g/mol. The number of hydrogen-bond donors (Lipinski definition) is 2. The lowest BCUT2D eigenvalue weighted by Gasteiger charge is -2.10. The highest BCUT2D eigenvalue weighted by atomic mass is 35.5. The highest BCUT2D eigenvalue weighted by Crippen LogP contribution is 2.21. The third-order valence-corrected chi connectivity index (χ3v) is 3.30. The first kappa shape index (κ1) is 18.2. The van der Waals surface area contributed by atoms with Gasteiger partial charge in [0.15, 0.2) is 0 Å². The largest absolute Gasteiger partial charge is 0.465 e. The number of esters is 1. The Bertz CT molecular complexity index is 614. The van der Waals surface area contributed by atoms with E-state index in [1.54, 1.807) is 12.1 Å². The van der Waals surface area contributed by atoms with E-state index < -0.39 is 0 Å². The Morgan fingerprint density at radius 3 is 2.45 bits per heavy atom. The van der Waals surface area contributed by atoms with E-state index in [9.17, 15) is 4.79 Å². The number of nitrogens with two attached hydrogens (primary N) is 1. The maximum absolute atomic E-state index is 11.4. The van der Waals surface area contributed by atoms with Gasteiger partial charge in [-0.3, -0.25) is 0 Å². The van der Waals surface area contributed by atoms with Gasteiger partial charge < -0.3 is 15.6 Å². The first-order valence-corrected chi connectivity index (χ1v) is 6.78. The fraction of sp³-hybridized carbons (Fsp3) is 0.235. The third-order valence-electron chi connectivity index (χ3n) is 3.30. The van der Waals surface area contributed by atoms with Gasteiger partial charge in [0, 0.05) is 6.04 Å². The second-order valence-corrected chi connectivity index (χ2v) is 4.92. The van der Waals surface area contributed by atoms with Gasteiger partial charge in [0.1, 0.15) is 0 Å². The maximum Gasteiger partial charge on any atom is 0.337 e. The zero-order chi connectivity index (χ0) is 15.2. The van der Waals surface area contributed by atoms with Crippen LogP contribution in [0, 0.1) is 0 Å². The van der Waals surface area contributed by atoms with Gasteiger partial charge in [-0.15, -0.1) is 12.4 Å². The van der Waals surface area contributed by atoms with E-state index in [1.165, 1.54) is 7.11 Å². The molecule has 0 amide bonds. The van der Waals surface area contributed by atoms with Gasteiger partial charge in [0.25, 0.3) is 0 Å². The van der Waals surface area contributed by atoms with E-state index in [1.807, 2.05) is 36.4 Å². The van der Waals surface area contributed by atoms with Gasteiger partial charge in [-0.2, -0.15) is 0 Å². The Hall–Kier alpha value is -1.88. The van der Waals surface area contributed by atoms with Crippen LogP contribution in [0.5, 0.6) is 0 Å². The van der Waals surface area contributed by atoms with E-state index in [-0.39, 0.29) is 31.0 Å². The number of hydrogen-bond acceptors (Lipinski definition) is 4. The van der Waals surface area contributed by atoms with Crippen LogP contribution in [0.1, 0.15) is 15.9 Å². The van der Waals surface area contributed by atoms with Crippen molar-refractivity contribution in [1.82, 2.24) is 0 Å². The molecule has 0 saturated heterocycles. The molecule has 0 saturated carbocycles. The van der Waals surface area contributed by atoms with Gasteiger partial charge >= 0.3 is 5.97 Å². The number of carbonyl (C=O) groups excluding carboxylic acids is 1. The number of aliphatic hydroxyl groups excluding tert-OH is 1. The predicted molar refractivity (Wildman–Crippen MR) is 89.2 cm³/mol. The molecule has 22 heavy (non-hydrogen) atoms. The molecular formula is C17H20ClNO3. The Labute approximate surface area is 136 Å². The topological polar surface area (TPSA) is 72.5 Å². The van der Waals surface area contributed by atoms with Gasteiger partial charge in [-0.05, 0) is 35.2 Å². The monoisotopic (exact) mass is 321 g/mol. The standard InChI is InChI=1S/C17H19NO3.ClH/c1-21-17(20)14-7-5-13(6-8-14)15-4-2-3-12(9-15)10-16(18)11-19;/h2-9,16,19H,10-11,18H2,1H3;1H. The molecule has 2 rings (SSSR count). The lowest BCUT2D eigenvalue weighted by atomic mass is 9.99. The molecule has 0 aliphatic carbocycles. The number of ether oxygens (including phenoxy) is 1. The van der Waals surface area contributed by atoms with Crippen LogP contribution >= 0.6 is 12.4 Å². The second kappa shape index (κ2) is 8.54. The second-order valence-electron chi connectivity index (χ2n) is 4.92. The molecule has 1 unspecified atom stereocenters. The van der Waals surface area contributed by atoms with E-state index >= 15 is 0 Å². The van der Waals surface area contributed by atoms with E-state index in [0.29, 0.717) is 12.0 Å². The number of carbonyl (C=O) groups is 1. The molecule has 0 radical (unpaired) electrons. The number of aliphatic hydroxyl groups is 1. The zero-order valence-electron chi connectivity index (χ0n) is 12.4. The molecule has 0 heterocycles. The summed E-state index contributed by atoms with van der Waals surface area (Å²) in [4.78, 5) is 11.4. The van der Waals surface area contributed by atoms with Crippen molar-refractivity contribution in [2.75, 3.05) is 13.7 Å². The Balaban J connectivity index is 0.00000242. The molecule has 1 atom stereocenters. The molecule has 5 heteroatoms. The smallest absolute Gasteiger partial charge is 0.337 e. The lowest BCUT2D eigenvalue weighted by Crippen LogP contribution is -2.26. The van der Waals surface area contributed by atoms with Crippen molar-refractivity contribution in [3.05, 3.63) is 59.7 Å². The van der Waals surface area contributed by atoms with Crippen LogP contribution in [-0.4, -0.2) is 30.8 Å². The summed E-state index contributed by atoms with van der Waals surface area (Å²) in [5.74, 6) is -0.343. The van der Waals surface area contributed by atoms with Crippen LogP contribution in [0.2, 0.25) is 0 Å². The summed E-state index contributed by atoms with van der Waals surface area (Å²) in [7, 11) is 1.37. The number of methoxy groups -OCH3 is 1. The lowest BCUT2D eigenvalue weighted by molar-refractivity contribution is 0.0601. The Kier molecular flexibility index (Phi) is 7.05. The fourth-order valence-electron chi connectivity index (χ4n) is 2.16. The van der Waals surface area contributed by atoms with Crippen molar-refractivity contribution in [3.63, 3.8) is 0 Å². The molecule has 118 valence electrons. The first-order chi connectivity index (χ1) is 10.1. The van der Waals surface area contributed by atoms with Crippen molar-refractivity contribution >= 4 is 18.4 Å². The molecule has 0 aliphatic heterocycles. The number of halogens is 1. The van der Waals surface area contributed by atoms with Crippen molar-refractivity contribution in [3.8, 4) is 11.1 Å². The zero-order valence-corrected chi connectivity index (χ0v) is 13.2. The molecule has 0 bridgehead atoms. The maximum atomic E-state index is 11.4. The highest BCUT2D eigenvalue weighted by Gasteiger charge is 2.07. The molecule has 0 aromatic heterocycles. The predicted octanol–water partition coefficient (Wildman–Crippen LogP) is 2.42. The summed E-state index contributed by atoms with van der Waals surface area (Å²) in [6.07, 6.45) is 0.630. The van der Waals surface area contributed by atoms with Crippen molar-refractivity contribution in [1.29, 1.82) is 0 Å². The first-order valence-electron chi connectivity index (χ1n) is 6.78. The summed E-state index contributed by atoms with van der Waals surface area (Å²) < 4.78 is 4.68. The van der Waals surface area contributed by atoms with Gasteiger partial charge in [-0.25, -0.2) is 4.79 Å². The summed E-state index contributed by atoms with van der Waals surface area (Å²) in [5.41, 5.74) is 9.43. The van der Waals surface area contributed by atoms with Crippen LogP contribution in [0.15, 0.2) is 48.5 Å². The van der Waals surface area contributed by atoms with Crippen LogP contribution in [0.3, 0.4) is 0 Å². The molecule has 2 aromatic carbocycles. The minimum atomic E-state index is -0.343. The third kappa shape index (κ3) is 4.56. The van der Waals surface area contributed by atoms with Crippen molar-refractivity contribution in [2.24, 2.45) is 5.73 Å². The van der Waals surface area contributed by atoms with Gasteiger partial charge in [-0.1, -0.05) is 36.4 Å². The summed E-state index contributed by atoms with van der Waals surface area (Å²) in [6, 6.07) is 15.0. The van der Waals surface area contributed by atoms with E-state index in [4.69, 9.17) is 10.8 Å². The summed E-state index contributed by atoms with van der Waals surface area (Å²) in [6.45, 7) is -0.0297.